The predicted molar refractivity (Wildman–Crippen MR) is 83.4 cm³/mol. The van der Waals surface area contributed by atoms with E-state index >= 15 is 0 Å². The van der Waals surface area contributed by atoms with Crippen LogP contribution in [0.3, 0.4) is 0 Å². The van der Waals surface area contributed by atoms with E-state index in [2.05, 4.69) is 73.7 Å². The number of benzene rings is 3. The molecule has 0 amide bonds. The Labute approximate surface area is 114 Å². The third-order valence-corrected chi connectivity index (χ3v) is 3.57. The molecule has 0 unspecified atom stereocenters. The molecule has 0 aromatic heterocycles. The molecule has 0 radical (unpaired) electrons. The molecule has 0 saturated heterocycles. The van der Waals surface area contributed by atoms with Gasteiger partial charge in [0.25, 0.3) is 0 Å². The first-order valence-corrected chi connectivity index (χ1v) is 6.95. The fraction of sp³-hybridized carbons (Fsp3) is 0.158. The molecule has 3 aromatic rings. The van der Waals surface area contributed by atoms with Crippen molar-refractivity contribution in [2.24, 2.45) is 0 Å². The number of hydrogen-bond acceptors (Lipinski definition) is 0. The standard InChI is InChI=1S/C19H18/c1-2-7-15-12-13-19-17(14-15)10-6-11-18(19)16-8-4-3-5-9-16/h3-6,8-14H,2,7H2,1H3. The van der Waals surface area contributed by atoms with Crippen LogP contribution in [-0.2, 0) is 6.42 Å². The number of aryl methyl sites for hydroxylation is 1. The zero-order valence-electron chi connectivity index (χ0n) is 11.3. The van der Waals surface area contributed by atoms with Gasteiger partial charge in [-0.25, -0.2) is 0 Å². The van der Waals surface area contributed by atoms with Crippen LogP contribution in [0.5, 0.6) is 0 Å². The first-order valence-electron chi connectivity index (χ1n) is 6.95. The van der Waals surface area contributed by atoms with Crippen molar-refractivity contribution >= 4 is 10.8 Å². The second-order valence-electron chi connectivity index (χ2n) is 4.98. The van der Waals surface area contributed by atoms with Gasteiger partial charge in [-0.1, -0.05) is 80.1 Å². The minimum Gasteiger partial charge on any atom is -0.0651 e. The molecule has 3 aromatic carbocycles. The highest BCUT2D eigenvalue weighted by molar-refractivity contribution is 5.96. The Balaban J connectivity index is 2.16. The molecule has 0 aliphatic heterocycles. The van der Waals surface area contributed by atoms with Crippen molar-refractivity contribution in [3.05, 3.63) is 72.3 Å². The zero-order chi connectivity index (χ0) is 13.1. The number of hydrogen-bond donors (Lipinski definition) is 0. The van der Waals surface area contributed by atoms with Crippen LogP contribution < -0.4 is 0 Å². The van der Waals surface area contributed by atoms with E-state index in [0.717, 1.165) is 6.42 Å². The van der Waals surface area contributed by atoms with Crippen molar-refractivity contribution in [1.29, 1.82) is 0 Å². The summed E-state index contributed by atoms with van der Waals surface area (Å²) in [6.07, 6.45) is 2.36. The lowest BCUT2D eigenvalue weighted by Gasteiger charge is -2.08. The van der Waals surface area contributed by atoms with Gasteiger partial charge in [0.2, 0.25) is 0 Å². The molecule has 94 valence electrons. The molecule has 0 spiro atoms. The maximum Gasteiger partial charge on any atom is -0.0105 e. The molecule has 0 aliphatic rings. The van der Waals surface area contributed by atoms with Crippen molar-refractivity contribution in [3.8, 4) is 11.1 Å². The first-order chi connectivity index (χ1) is 9.38. The van der Waals surface area contributed by atoms with Gasteiger partial charge >= 0.3 is 0 Å². The third-order valence-electron chi connectivity index (χ3n) is 3.57. The summed E-state index contributed by atoms with van der Waals surface area (Å²) < 4.78 is 0. The van der Waals surface area contributed by atoms with Gasteiger partial charge in [0.05, 0.1) is 0 Å². The number of rotatable bonds is 3. The SMILES string of the molecule is CCCc1ccc2c(-c3ccccc3)cccc2c1. The predicted octanol–water partition coefficient (Wildman–Crippen LogP) is 5.46. The quantitative estimate of drug-likeness (QED) is 0.575. The van der Waals surface area contributed by atoms with E-state index in [1.165, 1.54) is 33.9 Å². The summed E-state index contributed by atoms with van der Waals surface area (Å²) in [4.78, 5) is 0. The van der Waals surface area contributed by atoms with Crippen LogP contribution in [0, 0.1) is 0 Å². The van der Waals surface area contributed by atoms with E-state index in [0.29, 0.717) is 0 Å². The summed E-state index contributed by atoms with van der Waals surface area (Å²) in [5.41, 5.74) is 4.04. The van der Waals surface area contributed by atoms with Crippen LogP contribution in [0.25, 0.3) is 21.9 Å². The topological polar surface area (TPSA) is 0 Å². The van der Waals surface area contributed by atoms with Crippen LogP contribution in [0.1, 0.15) is 18.9 Å². The Morgan fingerprint density at radius 1 is 0.789 bits per heavy atom. The summed E-state index contributed by atoms with van der Waals surface area (Å²) in [7, 11) is 0. The average molecular weight is 246 g/mol. The fourth-order valence-electron chi connectivity index (χ4n) is 2.65. The fourth-order valence-corrected chi connectivity index (χ4v) is 2.65. The highest BCUT2D eigenvalue weighted by Crippen LogP contribution is 2.29. The van der Waals surface area contributed by atoms with E-state index in [1.807, 2.05) is 0 Å². The minimum atomic E-state index is 1.16. The van der Waals surface area contributed by atoms with Crippen LogP contribution in [-0.4, -0.2) is 0 Å². The molecule has 0 nitrogen and oxygen atoms in total. The maximum absolute atomic E-state index is 2.32. The van der Waals surface area contributed by atoms with E-state index in [-0.39, 0.29) is 0 Å². The lowest BCUT2D eigenvalue weighted by atomic mass is 9.96. The Morgan fingerprint density at radius 3 is 2.42 bits per heavy atom. The van der Waals surface area contributed by atoms with Gasteiger partial charge in [-0.2, -0.15) is 0 Å². The van der Waals surface area contributed by atoms with Crippen LogP contribution >= 0.6 is 0 Å². The lowest BCUT2D eigenvalue weighted by molar-refractivity contribution is 0.924. The largest absolute Gasteiger partial charge is 0.0651 e. The Kier molecular flexibility index (Phi) is 3.33. The molecule has 0 N–H and O–H groups in total. The van der Waals surface area contributed by atoms with Gasteiger partial charge in [0, 0.05) is 0 Å². The molecule has 0 atom stereocenters. The average Bonchev–Trinajstić information content (AvgIpc) is 2.48. The van der Waals surface area contributed by atoms with Crippen molar-refractivity contribution < 1.29 is 0 Å². The van der Waals surface area contributed by atoms with Crippen molar-refractivity contribution in [1.82, 2.24) is 0 Å². The minimum absolute atomic E-state index is 1.16. The molecule has 3 rings (SSSR count). The van der Waals surface area contributed by atoms with E-state index in [1.54, 1.807) is 0 Å². The normalized spacial score (nSPS) is 10.8. The monoisotopic (exact) mass is 246 g/mol. The van der Waals surface area contributed by atoms with Crippen LogP contribution in [0.4, 0.5) is 0 Å². The van der Waals surface area contributed by atoms with E-state index < -0.39 is 0 Å². The van der Waals surface area contributed by atoms with Gasteiger partial charge in [0.15, 0.2) is 0 Å². The summed E-state index contributed by atoms with van der Waals surface area (Å²) in [6, 6.07) is 24.0. The molecule has 0 saturated carbocycles. The Morgan fingerprint density at radius 2 is 1.63 bits per heavy atom. The highest BCUT2D eigenvalue weighted by atomic mass is 14.1. The van der Waals surface area contributed by atoms with Gasteiger partial charge in [-0.15, -0.1) is 0 Å². The summed E-state index contributed by atoms with van der Waals surface area (Å²) >= 11 is 0. The van der Waals surface area contributed by atoms with Gasteiger partial charge < -0.3 is 0 Å². The van der Waals surface area contributed by atoms with Gasteiger partial charge in [0.1, 0.15) is 0 Å². The number of fused-ring (bicyclic) bond motifs is 1. The lowest BCUT2D eigenvalue weighted by Crippen LogP contribution is -1.85. The maximum atomic E-state index is 2.32. The van der Waals surface area contributed by atoms with E-state index in [9.17, 15) is 0 Å². The molecular weight excluding hydrogens is 228 g/mol. The van der Waals surface area contributed by atoms with Crippen LogP contribution in [0.2, 0.25) is 0 Å². The molecule has 0 fully saturated rings. The molecule has 0 bridgehead atoms. The zero-order valence-corrected chi connectivity index (χ0v) is 11.3. The third kappa shape index (κ3) is 2.39. The van der Waals surface area contributed by atoms with Crippen molar-refractivity contribution in [2.45, 2.75) is 19.8 Å². The second-order valence-corrected chi connectivity index (χ2v) is 4.98. The molecule has 0 heteroatoms. The van der Waals surface area contributed by atoms with Crippen LogP contribution in [0.15, 0.2) is 66.7 Å². The summed E-state index contributed by atoms with van der Waals surface area (Å²) in [5, 5.41) is 2.68. The molecule has 0 aliphatic carbocycles. The second kappa shape index (κ2) is 5.27. The smallest absolute Gasteiger partial charge is 0.0105 e. The first kappa shape index (κ1) is 12.0. The van der Waals surface area contributed by atoms with Gasteiger partial charge in [-0.05, 0) is 33.9 Å². The Bertz CT molecular complexity index is 681. The van der Waals surface area contributed by atoms with E-state index in [4.69, 9.17) is 0 Å². The summed E-state index contributed by atoms with van der Waals surface area (Å²) in [5.74, 6) is 0. The molecular formula is C19H18. The van der Waals surface area contributed by atoms with Crippen molar-refractivity contribution in [3.63, 3.8) is 0 Å². The van der Waals surface area contributed by atoms with Gasteiger partial charge in [-0.3, -0.25) is 0 Å². The Hall–Kier alpha value is -2.08. The molecule has 19 heavy (non-hydrogen) atoms. The molecule has 0 heterocycles. The summed E-state index contributed by atoms with van der Waals surface area (Å²) in [6.45, 7) is 2.23. The van der Waals surface area contributed by atoms with Crippen molar-refractivity contribution in [2.75, 3.05) is 0 Å². The highest BCUT2D eigenvalue weighted by Gasteiger charge is 2.03.